The second kappa shape index (κ2) is 21.2. The van der Waals surface area contributed by atoms with Gasteiger partial charge in [-0.05, 0) is 153 Å². The largest absolute Gasteiger partial charge is 0.308 e. The third kappa shape index (κ3) is 8.99. The van der Waals surface area contributed by atoms with Crippen LogP contribution >= 0.6 is 0 Å². The number of para-hydroxylation sites is 2. The Morgan fingerprint density at radius 3 is 1.03 bits per heavy atom. The molecule has 0 radical (unpaired) electrons. The first-order valence-electron chi connectivity index (χ1n) is 28.3. The zero-order valence-electron chi connectivity index (χ0n) is 46.1. The van der Waals surface area contributed by atoms with Crippen molar-refractivity contribution >= 4 is 43.6 Å². The zero-order chi connectivity index (χ0) is 57.7. The topological polar surface area (TPSA) is 120 Å². The van der Waals surface area contributed by atoms with Gasteiger partial charge in [0.15, 0.2) is 17.5 Å². The predicted octanol–water partition coefficient (Wildman–Crippen LogP) is 19.0. The summed E-state index contributed by atoms with van der Waals surface area (Å²) >= 11 is 0. The zero-order valence-corrected chi connectivity index (χ0v) is 46.1. The van der Waals surface area contributed by atoms with E-state index >= 15 is 0 Å². The van der Waals surface area contributed by atoms with Crippen LogP contribution < -0.4 is 0 Å². The molecule has 3 heterocycles. The fourth-order valence-corrected chi connectivity index (χ4v) is 12.1. The van der Waals surface area contributed by atoms with Crippen molar-refractivity contribution in [3.8, 4) is 119 Å². The van der Waals surface area contributed by atoms with Crippen molar-refractivity contribution in [1.82, 2.24) is 24.1 Å². The van der Waals surface area contributed by atoms with Crippen LogP contribution in [-0.4, -0.2) is 24.1 Å². The van der Waals surface area contributed by atoms with Gasteiger partial charge in [-0.15, -0.1) is 0 Å². The molecular formula is C78H46N8. The Labute approximate surface area is 495 Å². The van der Waals surface area contributed by atoms with Crippen LogP contribution in [0.15, 0.2) is 279 Å². The lowest BCUT2D eigenvalue weighted by molar-refractivity contribution is 1.06. The maximum atomic E-state index is 10.1. The molecule has 0 saturated carbocycles. The van der Waals surface area contributed by atoms with E-state index in [-0.39, 0.29) is 0 Å². The van der Waals surface area contributed by atoms with Crippen molar-refractivity contribution in [2.45, 2.75) is 0 Å². The SMILES string of the molecule is N#Cc1ccc(-c2ccc(-c3nc(-c4ccc(-c5cccc(C#N)c5)cc4-n4c5ccccc5c5cc(-c6ccccc6)ccc54)nc(-c4ccc(-c5cccc(C#N)c5)cc4-n4c5ccccc5c5cc(-c6ccccc6)ccc54)n3)cc2)cc1. The summed E-state index contributed by atoms with van der Waals surface area (Å²) in [6.45, 7) is 0. The number of benzene rings is 12. The van der Waals surface area contributed by atoms with Crippen molar-refractivity contribution in [2.75, 3.05) is 0 Å². The highest BCUT2D eigenvalue weighted by Crippen LogP contribution is 2.43. The van der Waals surface area contributed by atoms with Crippen LogP contribution in [0.5, 0.6) is 0 Å². The summed E-state index contributed by atoms with van der Waals surface area (Å²) in [7, 11) is 0. The molecule has 0 aliphatic rings. The number of rotatable bonds is 10. The third-order valence-electron chi connectivity index (χ3n) is 16.3. The number of fused-ring (bicyclic) bond motifs is 6. The smallest absolute Gasteiger partial charge is 0.166 e. The molecule has 0 aliphatic heterocycles. The minimum absolute atomic E-state index is 0.451. The number of nitrogens with zero attached hydrogens (tertiary/aromatic N) is 8. The van der Waals surface area contributed by atoms with Gasteiger partial charge >= 0.3 is 0 Å². The third-order valence-corrected chi connectivity index (χ3v) is 16.3. The van der Waals surface area contributed by atoms with Crippen molar-refractivity contribution in [3.05, 3.63) is 296 Å². The van der Waals surface area contributed by atoms with Crippen LogP contribution in [-0.2, 0) is 0 Å². The van der Waals surface area contributed by atoms with E-state index < -0.39 is 0 Å². The summed E-state index contributed by atoms with van der Waals surface area (Å²) in [5.74, 6) is 1.37. The summed E-state index contributed by atoms with van der Waals surface area (Å²) in [5.41, 5.74) is 19.8. The van der Waals surface area contributed by atoms with Crippen molar-refractivity contribution in [2.24, 2.45) is 0 Å². The minimum atomic E-state index is 0.451. The first kappa shape index (κ1) is 50.7. The molecular weight excluding hydrogens is 1050 g/mol. The maximum absolute atomic E-state index is 10.1. The average Bonchev–Trinajstić information content (AvgIpc) is 2.30. The molecule has 15 rings (SSSR count). The van der Waals surface area contributed by atoms with Gasteiger partial charge in [-0.1, -0.05) is 182 Å². The van der Waals surface area contributed by atoms with E-state index in [2.05, 4.69) is 209 Å². The average molecular weight is 1100 g/mol. The first-order valence-corrected chi connectivity index (χ1v) is 28.3. The van der Waals surface area contributed by atoms with Gasteiger partial charge in [0.25, 0.3) is 0 Å². The Morgan fingerprint density at radius 2 is 0.570 bits per heavy atom. The van der Waals surface area contributed by atoms with Crippen molar-refractivity contribution < 1.29 is 0 Å². The molecule has 8 nitrogen and oxygen atoms in total. The van der Waals surface area contributed by atoms with Crippen molar-refractivity contribution in [1.29, 1.82) is 15.8 Å². The molecule has 0 fully saturated rings. The summed E-state index contributed by atoms with van der Waals surface area (Å²) in [6.07, 6.45) is 0. The monoisotopic (exact) mass is 1090 g/mol. The van der Waals surface area contributed by atoms with E-state index in [1.165, 1.54) is 0 Å². The van der Waals surface area contributed by atoms with Gasteiger partial charge in [0.05, 0.1) is 68.3 Å². The molecule has 86 heavy (non-hydrogen) atoms. The second-order valence-corrected chi connectivity index (χ2v) is 21.3. The molecule has 0 spiro atoms. The normalized spacial score (nSPS) is 11.2. The maximum Gasteiger partial charge on any atom is 0.166 e. The quantitative estimate of drug-likeness (QED) is 0.135. The second-order valence-electron chi connectivity index (χ2n) is 21.3. The summed E-state index contributed by atoms with van der Waals surface area (Å²) in [4.78, 5) is 16.7. The van der Waals surface area contributed by atoms with Gasteiger partial charge in [0, 0.05) is 38.2 Å². The van der Waals surface area contributed by atoms with Crippen LogP contribution in [0.1, 0.15) is 16.7 Å². The van der Waals surface area contributed by atoms with Gasteiger partial charge in [-0.3, -0.25) is 0 Å². The number of hydrogen-bond donors (Lipinski definition) is 0. The van der Waals surface area contributed by atoms with E-state index in [9.17, 15) is 15.8 Å². The summed E-state index contributed by atoms with van der Waals surface area (Å²) in [5, 5.41) is 34.2. The standard InChI is InChI=1S/C78H46N8/c79-47-50-25-27-55(28-26-50)56-29-31-57(32-30-56)76-82-77(66-37-33-62(58-19-11-13-51(41-58)48-80)45-74(66)85-70-23-9-7-21-64(70)68-43-60(35-39-72(68)85)53-15-3-1-4-16-53)84-78(83-76)67-38-34-63(59-20-12-14-52(42-59)49-81)46-75(67)86-71-24-10-8-22-65(71)69-44-61(36-40-73(69)86)54-17-5-2-6-18-54/h1-46H. The van der Waals surface area contributed by atoms with Gasteiger partial charge in [-0.25, -0.2) is 15.0 Å². The van der Waals surface area contributed by atoms with Crippen LogP contribution in [0.25, 0.3) is 145 Å². The molecule has 0 unspecified atom stereocenters. The fraction of sp³-hybridized carbons (Fsp3) is 0. The van der Waals surface area contributed by atoms with E-state index in [0.717, 1.165) is 127 Å². The lowest BCUT2D eigenvalue weighted by Gasteiger charge is -2.18. The van der Waals surface area contributed by atoms with E-state index in [1.54, 1.807) is 0 Å². The molecule has 0 aliphatic carbocycles. The lowest BCUT2D eigenvalue weighted by atomic mass is 9.99. The number of aromatic nitrogens is 5. The Bertz CT molecular complexity index is 5030. The molecule has 0 atom stereocenters. The summed E-state index contributed by atoms with van der Waals surface area (Å²) in [6, 6.07) is 102. The fourth-order valence-electron chi connectivity index (χ4n) is 12.1. The van der Waals surface area contributed by atoms with Crippen LogP contribution in [0, 0.1) is 34.0 Å². The molecule has 0 bridgehead atoms. The van der Waals surface area contributed by atoms with E-state index in [4.69, 9.17) is 15.0 Å². The molecule has 0 N–H and O–H groups in total. The molecule has 0 amide bonds. The Kier molecular flexibility index (Phi) is 12.5. The van der Waals surface area contributed by atoms with Gasteiger partial charge in [0.2, 0.25) is 0 Å². The highest BCUT2D eigenvalue weighted by molar-refractivity contribution is 6.12. The highest BCUT2D eigenvalue weighted by atomic mass is 15.1. The Morgan fingerprint density at radius 1 is 0.233 bits per heavy atom. The number of hydrogen-bond acceptors (Lipinski definition) is 6. The van der Waals surface area contributed by atoms with Crippen molar-refractivity contribution in [3.63, 3.8) is 0 Å². The molecule has 398 valence electrons. The molecule has 12 aromatic carbocycles. The Hall–Kier alpha value is -12.3. The van der Waals surface area contributed by atoms with Gasteiger partial charge < -0.3 is 9.13 Å². The summed E-state index contributed by atoms with van der Waals surface area (Å²) < 4.78 is 4.64. The van der Waals surface area contributed by atoms with E-state index in [1.807, 2.05) is 97.1 Å². The van der Waals surface area contributed by atoms with Crippen LogP contribution in [0.4, 0.5) is 0 Å². The minimum Gasteiger partial charge on any atom is -0.308 e. The predicted molar refractivity (Wildman–Crippen MR) is 346 cm³/mol. The van der Waals surface area contributed by atoms with Crippen LogP contribution in [0.3, 0.4) is 0 Å². The Balaban J connectivity index is 1.01. The van der Waals surface area contributed by atoms with Gasteiger partial charge in [-0.2, -0.15) is 15.8 Å². The van der Waals surface area contributed by atoms with Gasteiger partial charge in [0.1, 0.15) is 0 Å². The number of nitriles is 3. The molecule has 0 saturated heterocycles. The first-order chi connectivity index (χ1) is 42.5. The lowest BCUT2D eigenvalue weighted by Crippen LogP contribution is -2.06. The van der Waals surface area contributed by atoms with Crippen LogP contribution in [0.2, 0.25) is 0 Å². The highest BCUT2D eigenvalue weighted by Gasteiger charge is 2.24. The van der Waals surface area contributed by atoms with E-state index in [0.29, 0.717) is 34.2 Å². The molecule has 8 heteroatoms. The molecule has 15 aromatic rings. The molecule has 3 aromatic heterocycles.